The van der Waals surface area contributed by atoms with Crippen LogP contribution < -0.4 is 5.73 Å². The Bertz CT molecular complexity index is 470. The highest BCUT2D eigenvalue weighted by Gasteiger charge is 2.40. The van der Waals surface area contributed by atoms with Crippen LogP contribution in [0.15, 0.2) is 18.2 Å². The highest BCUT2D eigenvalue weighted by molar-refractivity contribution is 6.33. The first-order valence-corrected chi connectivity index (χ1v) is 7.68. The third-order valence-corrected chi connectivity index (χ3v) is 4.64. The van der Waals surface area contributed by atoms with Crippen LogP contribution in [0.3, 0.4) is 0 Å². The molecule has 0 heterocycles. The van der Waals surface area contributed by atoms with Crippen LogP contribution in [0, 0.1) is 11.3 Å². The molecule has 1 nitrogen and oxygen atoms in total. The molecule has 1 aliphatic carbocycles. The fraction of sp³-hybridized carbons (Fsp3) is 0.625. The molecule has 1 fully saturated rings. The number of nitrogens with two attached hydrogens (primary N) is 1. The number of halogens is 2. The van der Waals surface area contributed by atoms with Gasteiger partial charge in [-0.2, -0.15) is 0 Å². The van der Waals surface area contributed by atoms with E-state index in [0.29, 0.717) is 11.3 Å². The van der Waals surface area contributed by atoms with Crippen LogP contribution >= 0.6 is 23.2 Å². The largest absolute Gasteiger partial charge is 0.325 e. The van der Waals surface area contributed by atoms with Crippen molar-refractivity contribution in [3.05, 3.63) is 33.8 Å². The molecule has 0 spiro atoms. The highest BCUT2D eigenvalue weighted by Crippen LogP contribution is 2.44. The maximum atomic E-state index is 6.67. The van der Waals surface area contributed by atoms with Gasteiger partial charge >= 0.3 is 0 Å². The Balaban J connectivity index is 2.23. The molecule has 1 aromatic rings. The maximum Gasteiger partial charge on any atom is 0.0439 e. The minimum Gasteiger partial charge on any atom is -0.325 e. The first kappa shape index (κ1) is 15.2. The van der Waals surface area contributed by atoms with E-state index in [2.05, 4.69) is 20.8 Å². The van der Waals surface area contributed by atoms with Crippen molar-refractivity contribution < 1.29 is 0 Å². The van der Waals surface area contributed by atoms with E-state index in [-0.39, 0.29) is 5.54 Å². The number of hydrogen-bond donors (Lipinski definition) is 1. The smallest absolute Gasteiger partial charge is 0.0439 e. The summed E-state index contributed by atoms with van der Waals surface area (Å²) >= 11 is 12.3. The van der Waals surface area contributed by atoms with Gasteiger partial charge in [0.15, 0.2) is 0 Å². The average molecular weight is 300 g/mol. The van der Waals surface area contributed by atoms with Crippen molar-refractivity contribution in [2.24, 2.45) is 17.1 Å². The molecule has 19 heavy (non-hydrogen) atoms. The second kappa shape index (κ2) is 5.27. The van der Waals surface area contributed by atoms with E-state index < -0.39 is 0 Å². The van der Waals surface area contributed by atoms with Crippen molar-refractivity contribution in [1.29, 1.82) is 0 Å². The Kier molecular flexibility index (Phi) is 4.21. The van der Waals surface area contributed by atoms with Crippen LogP contribution in [-0.2, 0) is 6.42 Å². The summed E-state index contributed by atoms with van der Waals surface area (Å²) < 4.78 is 0. The summed E-state index contributed by atoms with van der Waals surface area (Å²) in [7, 11) is 0. The van der Waals surface area contributed by atoms with Gasteiger partial charge < -0.3 is 5.73 Å². The molecule has 2 N–H and O–H groups in total. The van der Waals surface area contributed by atoms with Crippen molar-refractivity contribution in [1.82, 2.24) is 0 Å². The van der Waals surface area contributed by atoms with Gasteiger partial charge in [-0.15, -0.1) is 0 Å². The SMILES string of the molecule is CC1CC(C)(C)CC(N)(Cc2cc(Cl)ccc2Cl)C1. The second-order valence-corrected chi connectivity index (χ2v) is 7.97. The van der Waals surface area contributed by atoms with Gasteiger partial charge in [0.05, 0.1) is 0 Å². The zero-order chi connectivity index (χ0) is 14.3. The first-order valence-electron chi connectivity index (χ1n) is 6.92. The molecule has 0 radical (unpaired) electrons. The number of rotatable bonds is 2. The van der Waals surface area contributed by atoms with Crippen molar-refractivity contribution in [2.45, 2.75) is 52.0 Å². The van der Waals surface area contributed by atoms with Gasteiger partial charge in [-0.25, -0.2) is 0 Å². The van der Waals surface area contributed by atoms with E-state index in [1.54, 1.807) is 0 Å². The van der Waals surface area contributed by atoms with E-state index in [9.17, 15) is 0 Å². The lowest BCUT2D eigenvalue weighted by molar-refractivity contribution is 0.108. The van der Waals surface area contributed by atoms with Gasteiger partial charge in [0, 0.05) is 15.6 Å². The molecular formula is C16H23Cl2N. The monoisotopic (exact) mass is 299 g/mol. The van der Waals surface area contributed by atoms with E-state index in [1.807, 2.05) is 18.2 Å². The van der Waals surface area contributed by atoms with E-state index in [0.717, 1.165) is 34.9 Å². The summed E-state index contributed by atoms with van der Waals surface area (Å²) in [4.78, 5) is 0. The quantitative estimate of drug-likeness (QED) is 0.810. The van der Waals surface area contributed by atoms with Crippen molar-refractivity contribution >= 4 is 23.2 Å². The molecule has 2 unspecified atom stereocenters. The lowest BCUT2D eigenvalue weighted by atomic mass is 9.63. The summed E-state index contributed by atoms with van der Waals surface area (Å²) in [5, 5.41) is 1.50. The average Bonchev–Trinajstić information content (AvgIpc) is 2.19. The molecule has 1 aromatic carbocycles. The van der Waals surface area contributed by atoms with E-state index >= 15 is 0 Å². The topological polar surface area (TPSA) is 26.0 Å². The van der Waals surface area contributed by atoms with Crippen molar-refractivity contribution in [2.75, 3.05) is 0 Å². The molecule has 0 aliphatic heterocycles. The van der Waals surface area contributed by atoms with Crippen LogP contribution in [0.1, 0.15) is 45.6 Å². The minimum atomic E-state index is -0.171. The molecule has 1 saturated carbocycles. The van der Waals surface area contributed by atoms with Gasteiger partial charge in [0.2, 0.25) is 0 Å². The standard InChI is InChI=1S/C16H23Cl2N/c1-11-7-15(2,3)10-16(19,8-11)9-12-6-13(17)4-5-14(12)18/h4-6,11H,7-10,19H2,1-3H3. The van der Waals surface area contributed by atoms with Gasteiger partial charge in [-0.1, -0.05) is 44.0 Å². The van der Waals surface area contributed by atoms with Crippen LogP contribution in [-0.4, -0.2) is 5.54 Å². The third kappa shape index (κ3) is 3.87. The number of hydrogen-bond acceptors (Lipinski definition) is 1. The molecule has 0 amide bonds. The maximum absolute atomic E-state index is 6.67. The fourth-order valence-corrected chi connectivity index (χ4v) is 4.38. The van der Waals surface area contributed by atoms with Crippen LogP contribution in [0.5, 0.6) is 0 Å². The van der Waals surface area contributed by atoms with Crippen LogP contribution in [0.25, 0.3) is 0 Å². The molecule has 0 aromatic heterocycles. The summed E-state index contributed by atoms with van der Waals surface area (Å²) in [6.45, 7) is 6.91. The molecule has 3 heteroatoms. The van der Waals surface area contributed by atoms with Crippen LogP contribution in [0.2, 0.25) is 10.0 Å². The Hall–Kier alpha value is -0.240. The Morgan fingerprint density at radius 1 is 1.26 bits per heavy atom. The number of benzene rings is 1. The highest BCUT2D eigenvalue weighted by atomic mass is 35.5. The molecule has 0 saturated heterocycles. The third-order valence-electron chi connectivity index (χ3n) is 4.04. The summed E-state index contributed by atoms with van der Waals surface area (Å²) in [5.74, 6) is 0.659. The molecular weight excluding hydrogens is 277 g/mol. The fourth-order valence-electron chi connectivity index (χ4n) is 4.00. The zero-order valence-corrected chi connectivity index (χ0v) is 13.5. The van der Waals surface area contributed by atoms with Gasteiger partial charge in [0.1, 0.15) is 0 Å². The van der Waals surface area contributed by atoms with E-state index in [1.165, 1.54) is 6.42 Å². The minimum absolute atomic E-state index is 0.171. The molecule has 1 aliphatic rings. The lowest BCUT2D eigenvalue weighted by Gasteiger charge is -2.46. The summed E-state index contributed by atoms with van der Waals surface area (Å²) in [6.07, 6.45) is 4.14. The lowest BCUT2D eigenvalue weighted by Crippen LogP contribution is -2.50. The predicted molar refractivity (Wildman–Crippen MR) is 83.9 cm³/mol. The van der Waals surface area contributed by atoms with Gasteiger partial charge in [-0.3, -0.25) is 0 Å². The second-order valence-electron chi connectivity index (χ2n) is 7.13. The van der Waals surface area contributed by atoms with E-state index in [4.69, 9.17) is 28.9 Å². The van der Waals surface area contributed by atoms with Crippen molar-refractivity contribution in [3.8, 4) is 0 Å². The summed E-state index contributed by atoms with van der Waals surface area (Å²) in [5.41, 5.74) is 7.88. The molecule has 0 bridgehead atoms. The Morgan fingerprint density at radius 2 is 1.95 bits per heavy atom. The molecule has 2 rings (SSSR count). The zero-order valence-electron chi connectivity index (χ0n) is 12.0. The molecule has 2 atom stereocenters. The normalized spacial score (nSPS) is 30.3. The van der Waals surface area contributed by atoms with Crippen molar-refractivity contribution in [3.63, 3.8) is 0 Å². The van der Waals surface area contributed by atoms with Gasteiger partial charge in [0.25, 0.3) is 0 Å². The summed E-state index contributed by atoms with van der Waals surface area (Å²) in [6, 6.07) is 5.63. The Labute approximate surface area is 126 Å². The van der Waals surface area contributed by atoms with Crippen LogP contribution in [0.4, 0.5) is 0 Å². The Morgan fingerprint density at radius 3 is 2.58 bits per heavy atom. The first-order chi connectivity index (χ1) is 8.69. The van der Waals surface area contributed by atoms with Gasteiger partial charge in [-0.05, 0) is 60.8 Å². The molecule has 106 valence electrons. The predicted octanol–water partition coefficient (Wildman–Crippen LogP) is 5.08.